The summed E-state index contributed by atoms with van der Waals surface area (Å²) >= 11 is 5.88. The number of nitrogens with zero attached hydrogens (tertiary/aromatic N) is 3. The molecule has 0 atom stereocenters. The van der Waals surface area contributed by atoms with E-state index in [1.54, 1.807) is 24.3 Å². The molecule has 0 saturated carbocycles. The first-order valence-electron chi connectivity index (χ1n) is 8.00. The first-order valence-corrected chi connectivity index (χ1v) is 8.37. The van der Waals surface area contributed by atoms with Crippen molar-refractivity contribution in [2.24, 2.45) is 11.0 Å². The van der Waals surface area contributed by atoms with Gasteiger partial charge in [0.05, 0.1) is 5.69 Å². The molecule has 2 aliphatic rings. The van der Waals surface area contributed by atoms with Crippen LogP contribution in [0.1, 0.15) is 32.6 Å². The summed E-state index contributed by atoms with van der Waals surface area (Å²) in [6.45, 7) is 3.75. The molecule has 1 aromatic carbocycles. The summed E-state index contributed by atoms with van der Waals surface area (Å²) in [7, 11) is 0. The van der Waals surface area contributed by atoms with Gasteiger partial charge < -0.3 is 4.90 Å². The highest BCUT2D eigenvalue weighted by Gasteiger charge is 2.29. The molecule has 1 saturated heterocycles. The maximum atomic E-state index is 12.6. The minimum absolute atomic E-state index is 0.0386. The number of carbonyl (C=O) groups is 2. The van der Waals surface area contributed by atoms with Crippen molar-refractivity contribution < 1.29 is 9.59 Å². The van der Waals surface area contributed by atoms with Crippen molar-refractivity contribution in [3.8, 4) is 0 Å². The number of hydrogen-bond donors (Lipinski definition) is 0. The first-order chi connectivity index (χ1) is 11.0. The third kappa shape index (κ3) is 3.55. The maximum absolute atomic E-state index is 12.6. The number of piperidine rings is 1. The molecule has 122 valence electrons. The van der Waals surface area contributed by atoms with E-state index in [0.717, 1.165) is 25.9 Å². The highest BCUT2D eigenvalue weighted by Crippen LogP contribution is 2.23. The summed E-state index contributed by atoms with van der Waals surface area (Å²) in [4.78, 5) is 26.6. The molecule has 0 aliphatic carbocycles. The molecular weight excluding hydrogens is 314 g/mol. The van der Waals surface area contributed by atoms with Crippen LogP contribution in [0.15, 0.2) is 29.4 Å². The van der Waals surface area contributed by atoms with Crippen molar-refractivity contribution in [2.75, 3.05) is 18.1 Å². The van der Waals surface area contributed by atoms with E-state index in [4.69, 9.17) is 11.6 Å². The summed E-state index contributed by atoms with van der Waals surface area (Å²) in [5, 5.41) is 6.24. The second kappa shape index (κ2) is 6.71. The SMILES string of the molecule is CC1CCN(C(=O)C2=NN(c3ccc(Cl)cc3)C(=O)CC2)CC1. The van der Waals surface area contributed by atoms with Crippen molar-refractivity contribution >= 4 is 34.8 Å². The lowest BCUT2D eigenvalue weighted by molar-refractivity contribution is -0.125. The van der Waals surface area contributed by atoms with Crippen molar-refractivity contribution in [3.63, 3.8) is 0 Å². The van der Waals surface area contributed by atoms with Crippen LogP contribution in [-0.4, -0.2) is 35.5 Å². The molecule has 1 aromatic rings. The second-order valence-electron chi connectivity index (χ2n) is 6.20. The number of hydrazone groups is 1. The molecule has 3 rings (SSSR count). The van der Waals surface area contributed by atoms with Crippen LogP contribution in [0.4, 0.5) is 5.69 Å². The Balaban J connectivity index is 1.79. The van der Waals surface area contributed by atoms with E-state index in [-0.39, 0.29) is 11.8 Å². The summed E-state index contributed by atoms with van der Waals surface area (Å²) in [6, 6.07) is 6.89. The molecule has 2 heterocycles. The van der Waals surface area contributed by atoms with Gasteiger partial charge in [0, 0.05) is 31.0 Å². The van der Waals surface area contributed by atoms with Gasteiger partial charge in [-0.15, -0.1) is 0 Å². The van der Waals surface area contributed by atoms with E-state index in [0.29, 0.717) is 35.2 Å². The monoisotopic (exact) mass is 333 g/mol. The predicted molar refractivity (Wildman–Crippen MR) is 90.6 cm³/mol. The molecule has 0 aromatic heterocycles. The number of anilines is 1. The van der Waals surface area contributed by atoms with Gasteiger partial charge in [0.15, 0.2) is 0 Å². The minimum Gasteiger partial charge on any atom is -0.338 e. The predicted octanol–water partition coefficient (Wildman–Crippen LogP) is 3.08. The average molecular weight is 334 g/mol. The van der Waals surface area contributed by atoms with Crippen LogP contribution in [0.2, 0.25) is 5.02 Å². The molecule has 0 radical (unpaired) electrons. The molecule has 6 heteroatoms. The van der Waals surface area contributed by atoms with Crippen molar-refractivity contribution in [1.82, 2.24) is 4.90 Å². The van der Waals surface area contributed by atoms with Crippen molar-refractivity contribution in [2.45, 2.75) is 32.6 Å². The lowest BCUT2D eigenvalue weighted by Gasteiger charge is -2.32. The van der Waals surface area contributed by atoms with Crippen LogP contribution in [0.3, 0.4) is 0 Å². The molecule has 0 N–H and O–H groups in total. The highest BCUT2D eigenvalue weighted by molar-refractivity contribution is 6.40. The van der Waals surface area contributed by atoms with E-state index < -0.39 is 0 Å². The fourth-order valence-corrected chi connectivity index (χ4v) is 3.01. The fourth-order valence-electron chi connectivity index (χ4n) is 2.89. The molecule has 0 spiro atoms. The third-order valence-corrected chi connectivity index (χ3v) is 4.67. The lowest BCUT2D eigenvalue weighted by Crippen LogP contribution is -2.44. The Morgan fingerprint density at radius 2 is 1.83 bits per heavy atom. The molecule has 5 nitrogen and oxygen atoms in total. The number of rotatable bonds is 2. The van der Waals surface area contributed by atoms with E-state index in [9.17, 15) is 9.59 Å². The molecule has 23 heavy (non-hydrogen) atoms. The topological polar surface area (TPSA) is 53.0 Å². The van der Waals surface area contributed by atoms with Crippen LogP contribution in [0.25, 0.3) is 0 Å². The zero-order valence-electron chi connectivity index (χ0n) is 13.2. The quantitative estimate of drug-likeness (QED) is 0.835. The van der Waals surface area contributed by atoms with Crippen LogP contribution >= 0.6 is 11.6 Å². The van der Waals surface area contributed by atoms with Crippen LogP contribution in [-0.2, 0) is 9.59 Å². The first kappa shape index (κ1) is 16.0. The van der Waals surface area contributed by atoms with E-state index in [1.165, 1.54) is 5.01 Å². The Hall–Kier alpha value is -1.88. The van der Waals surface area contributed by atoms with Gasteiger partial charge in [0.2, 0.25) is 5.91 Å². The Bertz CT molecular complexity index is 634. The number of carbonyl (C=O) groups excluding carboxylic acids is 2. The molecule has 1 fully saturated rings. The van der Waals surface area contributed by atoms with Gasteiger partial charge in [-0.05, 0) is 43.0 Å². The summed E-state index contributed by atoms with van der Waals surface area (Å²) < 4.78 is 0. The standard InChI is InChI=1S/C17H20ClN3O2/c1-12-8-10-20(11-9-12)17(23)15-6-7-16(22)21(19-15)14-4-2-13(18)3-5-14/h2-5,12H,6-11H2,1H3. The van der Waals surface area contributed by atoms with Gasteiger partial charge in [-0.1, -0.05) is 18.5 Å². The molecule has 2 aliphatic heterocycles. The van der Waals surface area contributed by atoms with Gasteiger partial charge in [0.25, 0.3) is 5.91 Å². The largest absolute Gasteiger partial charge is 0.338 e. The van der Waals surface area contributed by atoms with Gasteiger partial charge in [-0.2, -0.15) is 5.10 Å². The Morgan fingerprint density at radius 3 is 2.48 bits per heavy atom. The number of amides is 2. The van der Waals surface area contributed by atoms with E-state index >= 15 is 0 Å². The number of benzene rings is 1. The Morgan fingerprint density at radius 1 is 1.17 bits per heavy atom. The summed E-state index contributed by atoms with van der Waals surface area (Å²) in [5.41, 5.74) is 1.10. The zero-order chi connectivity index (χ0) is 16.4. The molecule has 2 amide bonds. The van der Waals surface area contributed by atoms with Crippen LogP contribution in [0.5, 0.6) is 0 Å². The van der Waals surface area contributed by atoms with Crippen LogP contribution < -0.4 is 5.01 Å². The number of hydrogen-bond acceptors (Lipinski definition) is 3. The normalized spacial score (nSPS) is 19.7. The summed E-state index contributed by atoms with van der Waals surface area (Å²) in [6.07, 6.45) is 2.77. The minimum atomic E-state index is -0.101. The number of halogens is 1. The van der Waals surface area contributed by atoms with Crippen molar-refractivity contribution in [3.05, 3.63) is 29.3 Å². The Labute approximate surface area is 140 Å². The third-order valence-electron chi connectivity index (χ3n) is 4.42. The summed E-state index contributed by atoms with van der Waals surface area (Å²) in [5.74, 6) is 0.527. The Kier molecular flexibility index (Phi) is 4.66. The number of likely N-dealkylation sites (tertiary alicyclic amines) is 1. The van der Waals surface area contributed by atoms with Gasteiger partial charge >= 0.3 is 0 Å². The van der Waals surface area contributed by atoms with Gasteiger partial charge in [-0.3, -0.25) is 9.59 Å². The molecular formula is C17H20ClN3O2. The maximum Gasteiger partial charge on any atom is 0.270 e. The average Bonchev–Trinajstić information content (AvgIpc) is 2.56. The molecule has 0 unspecified atom stereocenters. The lowest BCUT2D eigenvalue weighted by atomic mass is 9.98. The fraction of sp³-hybridized carbons (Fsp3) is 0.471. The van der Waals surface area contributed by atoms with E-state index in [2.05, 4.69) is 12.0 Å². The highest BCUT2D eigenvalue weighted by atomic mass is 35.5. The molecule has 0 bridgehead atoms. The second-order valence-corrected chi connectivity index (χ2v) is 6.64. The van der Waals surface area contributed by atoms with Crippen molar-refractivity contribution in [1.29, 1.82) is 0 Å². The van der Waals surface area contributed by atoms with Gasteiger partial charge in [-0.25, -0.2) is 5.01 Å². The van der Waals surface area contributed by atoms with Crippen LogP contribution in [0, 0.1) is 5.92 Å². The van der Waals surface area contributed by atoms with Gasteiger partial charge in [0.1, 0.15) is 5.71 Å². The zero-order valence-corrected chi connectivity index (χ0v) is 13.9. The van der Waals surface area contributed by atoms with E-state index in [1.807, 2.05) is 4.90 Å². The smallest absolute Gasteiger partial charge is 0.270 e.